The molecule has 1 N–H and O–H groups in total. The molecule has 1 aromatic heterocycles. The average molecular weight is 356 g/mol. The van der Waals surface area contributed by atoms with Gasteiger partial charge in [-0.15, -0.1) is 0 Å². The lowest BCUT2D eigenvalue weighted by atomic mass is 10.3. The summed E-state index contributed by atoms with van der Waals surface area (Å²) in [5, 5.41) is 3.92. The van der Waals surface area contributed by atoms with E-state index >= 15 is 0 Å². The Morgan fingerprint density at radius 3 is 2.95 bits per heavy atom. The number of nitrogens with zero attached hydrogens (tertiary/aromatic N) is 1. The first-order valence-electron chi connectivity index (χ1n) is 6.45. The molecule has 0 saturated carbocycles. The van der Waals surface area contributed by atoms with Crippen LogP contribution in [0.25, 0.3) is 0 Å². The molecule has 20 heavy (non-hydrogen) atoms. The lowest BCUT2D eigenvalue weighted by Crippen LogP contribution is -2.03. The molecule has 2 rings (SSSR count). The molecule has 0 amide bonds. The van der Waals surface area contributed by atoms with Gasteiger partial charge >= 0.3 is 0 Å². The summed E-state index contributed by atoms with van der Waals surface area (Å²) in [4.78, 5) is 4.29. The SMILES string of the molecule is CCCNc1ccnc(COc2cc(Br)ccc2Cl)c1. The van der Waals surface area contributed by atoms with Gasteiger partial charge in [-0.3, -0.25) is 4.98 Å². The maximum absolute atomic E-state index is 6.08. The van der Waals surface area contributed by atoms with Crippen molar-refractivity contribution in [2.45, 2.75) is 20.0 Å². The van der Waals surface area contributed by atoms with E-state index in [9.17, 15) is 0 Å². The maximum atomic E-state index is 6.08. The van der Waals surface area contributed by atoms with Crippen LogP contribution in [0, 0.1) is 0 Å². The van der Waals surface area contributed by atoms with Crippen molar-refractivity contribution in [3.8, 4) is 5.75 Å². The van der Waals surface area contributed by atoms with Gasteiger partial charge in [0.05, 0.1) is 10.7 Å². The van der Waals surface area contributed by atoms with Crippen molar-refractivity contribution in [2.24, 2.45) is 0 Å². The van der Waals surface area contributed by atoms with Crippen molar-refractivity contribution in [1.29, 1.82) is 0 Å². The molecule has 0 unspecified atom stereocenters. The number of rotatable bonds is 6. The van der Waals surface area contributed by atoms with Gasteiger partial charge in [0.25, 0.3) is 0 Å². The first kappa shape index (κ1) is 15.1. The molecule has 0 saturated heterocycles. The Labute approximate surface area is 132 Å². The number of nitrogens with one attached hydrogen (secondary N) is 1. The molecule has 2 aromatic rings. The van der Waals surface area contributed by atoms with Crippen LogP contribution >= 0.6 is 27.5 Å². The number of benzene rings is 1. The van der Waals surface area contributed by atoms with Crippen molar-refractivity contribution in [2.75, 3.05) is 11.9 Å². The number of hydrogen-bond donors (Lipinski definition) is 1. The molecule has 1 heterocycles. The molecule has 0 radical (unpaired) electrons. The van der Waals surface area contributed by atoms with E-state index in [1.165, 1.54) is 0 Å². The summed E-state index contributed by atoms with van der Waals surface area (Å²) in [5.41, 5.74) is 1.92. The van der Waals surface area contributed by atoms with Crippen molar-refractivity contribution in [1.82, 2.24) is 4.98 Å². The van der Waals surface area contributed by atoms with Gasteiger partial charge in [0.2, 0.25) is 0 Å². The Morgan fingerprint density at radius 2 is 2.15 bits per heavy atom. The number of ether oxygens (including phenoxy) is 1. The lowest BCUT2D eigenvalue weighted by molar-refractivity contribution is 0.301. The average Bonchev–Trinajstić information content (AvgIpc) is 2.46. The monoisotopic (exact) mass is 354 g/mol. The number of aromatic nitrogens is 1. The number of anilines is 1. The van der Waals surface area contributed by atoms with Crippen LogP contribution in [0.15, 0.2) is 41.0 Å². The van der Waals surface area contributed by atoms with Crippen molar-refractivity contribution in [3.63, 3.8) is 0 Å². The molecule has 106 valence electrons. The van der Waals surface area contributed by atoms with E-state index < -0.39 is 0 Å². The predicted octanol–water partition coefficient (Wildman–Crippen LogP) is 4.90. The summed E-state index contributed by atoms with van der Waals surface area (Å²) in [5.74, 6) is 0.648. The molecule has 0 atom stereocenters. The van der Waals surface area contributed by atoms with Crippen LogP contribution in [0.2, 0.25) is 5.02 Å². The van der Waals surface area contributed by atoms with Gasteiger partial charge in [-0.25, -0.2) is 0 Å². The van der Waals surface area contributed by atoms with E-state index in [1.54, 1.807) is 12.3 Å². The smallest absolute Gasteiger partial charge is 0.139 e. The Bertz CT molecular complexity index is 578. The fraction of sp³-hybridized carbons (Fsp3) is 0.267. The van der Waals surface area contributed by atoms with Crippen LogP contribution in [0.1, 0.15) is 19.0 Å². The third-order valence-corrected chi connectivity index (χ3v) is 3.47. The Balaban J connectivity index is 2.01. The van der Waals surface area contributed by atoms with Crippen LogP contribution in [0.5, 0.6) is 5.75 Å². The summed E-state index contributed by atoms with van der Waals surface area (Å²) in [6.45, 7) is 3.47. The fourth-order valence-corrected chi connectivity index (χ4v) is 2.19. The summed E-state index contributed by atoms with van der Waals surface area (Å²) in [7, 11) is 0. The van der Waals surface area contributed by atoms with E-state index in [2.05, 4.69) is 33.2 Å². The molecule has 5 heteroatoms. The van der Waals surface area contributed by atoms with Crippen LogP contribution in [0.3, 0.4) is 0 Å². The van der Waals surface area contributed by atoms with Crippen LogP contribution < -0.4 is 10.1 Å². The van der Waals surface area contributed by atoms with Gasteiger partial charge in [0, 0.05) is 22.9 Å². The highest BCUT2D eigenvalue weighted by atomic mass is 79.9. The van der Waals surface area contributed by atoms with Crippen LogP contribution in [-0.2, 0) is 6.61 Å². The standard InChI is InChI=1S/C15H16BrClN2O/c1-2-6-18-12-5-7-19-13(9-12)10-20-15-8-11(16)3-4-14(15)17/h3-5,7-9H,2,6,10H2,1H3,(H,18,19). The van der Waals surface area contributed by atoms with Gasteiger partial charge in [0.1, 0.15) is 12.4 Å². The van der Waals surface area contributed by atoms with Crippen molar-refractivity contribution in [3.05, 3.63) is 51.7 Å². The highest BCUT2D eigenvalue weighted by Gasteiger charge is 2.04. The number of pyridine rings is 1. The fourth-order valence-electron chi connectivity index (χ4n) is 1.68. The first-order chi connectivity index (χ1) is 9.69. The molecule has 0 bridgehead atoms. The zero-order valence-corrected chi connectivity index (χ0v) is 13.5. The zero-order valence-electron chi connectivity index (χ0n) is 11.2. The normalized spacial score (nSPS) is 10.3. The molecule has 0 aliphatic rings. The third-order valence-electron chi connectivity index (χ3n) is 2.66. The Morgan fingerprint density at radius 1 is 1.30 bits per heavy atom. The van der Waals surface area contributed by atoms with Crippen molar-refractivity contribution < 1.29 is 4.74 Å². The zero-order chi connectivity index (χ0) is 14.4. The second kappa shape index (κ2) is 7.50. The van der Waals surface area contributed by atoms with Gasteiger partial charge < -0.3 is 10.1 Å². The highest BCUT2D eigenvalue weighted by molar-refractivity contribution is 9.10. The van der Waals surface area contributed by atoms with E-state index in [0.717, 1.165) is 28.8 Å². The molecule has 3 nitrogen and oxygen atoms in total. The Kier molecular flexibility index (Phi) is 5.68. The van der Waals surface area contributed by atoms with Crippen molar-refractivity contribution >= 4 is 33.2 Å². The molecular formula is C15H16BrClN2O. The summed E-state index contributed by atoms with van der Waals surface area (Å²) < 4.78 is 6.64. The minimum Gasteiger partial charge on any atom is -0.486 e. The summed E-state index contributed by atoms with van der Waals surface area (Å²) in [6.07, 6.45) is 2.86. The van der Waals surface area contributed by atoms with E-state index in [0.29, 0.717) is 17.4 Å². The molecular weight excluding hydrogens is 340 g/mol. The number of hydrogen-bond acceptors (Lipinski definition) is 3. The third kappa shape index (κ3) is 4.39. The van der Waals surface area contributed by atoms with Crippen LogP contribution in [0.4, 0.5) is 5.69 Å². The van der Waals surface area contributed by atoms with Gasteiger partial charge in [0.15, 0.2) is 0 Å². The topological polar surface area (TPSA) is 34.2 Å². The predicted molar refractivity (Wildman–Crippen MR) is 86.5 cm³/mol. The quantitative estimate of drug-likeness (QED) is 0.800. The van der Waals surface area contributed by atoms with Crippen LogP contribution in [-0.4, -0.2) is 11.5 Å². The van der Waals surface area contributed by atoms with Gasteiger partial charge in [-0.1, -0.05) is 34.5 Å². The molecule has 0 fully saturated rings. The first-order valence-corrected chi connectivity index (χ1v) is 7.63. The molecule has 1 aromatic carbocycles. The van der Waals surface area contributed by atoms with E-state index in [4.69, 9.17) is 16.3 Å². The molecule has 0 aliphatic heterocycles. The van der Waals surface area contributed by atoms with E-state index in [-0.39, 0.29) is 0 Å². The largest absolute Gasteiger partial charge is 0.486 e. The minimum atomic E-state index is 0.387. The van der Waals surface area contributed by atoms with E-state index in [1.807, 2.05) is 24.3 Å². The summed E-state index contributed by atoms with van der Waals surface area (Å²) in [6, 6.07) is 9.46. The van der Waals surface area contributed by atoms with Gasteiger partial charge in [-0.2, -0.15) is 0 Å². The summed E-state index contributed by atoms with van der Waals surface area (Å²) >= 11 is 9.48. The minimum absolute atomic E-state index is 0.387. The molecule has 0 spiro atoms. The lowest BCUT2D eigenvalue weighted by Gasteiger charge is -2.10. The second-order valence-electron chi connectivity index (χ2n) is 4.33. The second-order valence-corrected chi connectivity index (χ2v) is 5.65. The van der Waals surface area contributed by atoms with Gasteiger partial charge in [-0.05, 0) is 36.8 Å². The Hall–Kier alpha value is -1.26. The highest BCUT2D eigenvalue weighted by Crippen LogP contribution is 2.28. The maximum Gasteiger partial charge on any atom is 0.139 e. The number of halogens is 2. The molecule has 0 aliphatic carbocycles.